The molecule has 0 fully saturated rings. The third-order valence-corrected chi connectivity index (χ3v) is 3.49. The molecule has 0 aromatic heterocycles. The van der Waals surface area contributed by atoms with E-state index in [1.54, 1.807) is 7.11 Å². The number of aryl methyl sites for hydroxylation is 3. The number of ether oxygens (including phenoxy) is 1. The van der Waals surface area contributed by atoms with Gasteiger partial charge in [0.1, 0.15) is 11.9 Å². The quantitative estimate of drug-likeness (QED) is 0.907. The smallest absolute Gasteiger partial charge is 0.124 e. The highest BCUT2D eigenvalue weighted by Crippen LogP contribution is 2.31. The first-order valence-corrected chi connectivity index (χ1v) is 6.43. The second-order valence-corrected chi connectivity index (χ2v) is 4.95. The van der Waals surface area contributed by atoms with Gasteiger partial charge in [-0.3, -0.25) is 0 Å². The Balaban J connectivity index is 2.45. The Hall–Kier alpha value is -1.80. The van der Waals surface area contributed by atoms with E-state index in [9.17, 15) is 5.11 Å². The summed E-state index contributed by atoms with van der Waals surface area (Å²) in [6, 6.07) is 11.9. The lowest BCUT2D eigenvalue weighted by Crippen LogP contribution is -2.03. The predicted molar refractivity (Wildman–Crippen MR) is 77.7 cm³/mol. The molecule has 0 aliphatic heterocycles. The summed E-state index contributed by atoms with van der Waals surface area (Å²) in [5.41, 5.74) is 5.05. The minimum atomic E-state index is -0.593. The van der Waals surface area contributed by atoms with Gasteiger partial charge in [0.05, 0.1) is 7.11 Å². The van der Waals surface area contributed by atoms with Crippen molar-refractivity contribution in [3.8, 4) is 5.75 Å². The van der Waals surface area contributed by atoms with Gasteiger partial charge in [-0.1, -0.05) is 24.3 Å². The standard InChI is InChI=1S/C17H20O2/c1-11-7-5-6-8-15(11)16(18)14-9-12(2)17(19-4)13(3)10-14/h5-10,16,18H,1-4H3. The number of methoxy groups -OCH3 is 1. The van der Waals surface area contributed by atoms with Gasteiger partial charge in [-0.15, -0.1) is 0 Å². The molecule has 0 saturated carbocycles. The summed E-state index contributed by atoms with van der Waals surface area (Å²) >= 11 is 0. The third kappa shape index (κ3) is 2.64. The van der Waals surface area contributed by atoms with Gasteiger partial charge in [-0.25, -0.2) is 0 Å². The van der Waals surface area contributed by atoms with E-state index in [1.807, 2.05) is 57.2 Å². The lowest BCUT2D eigenvalue weighted by Gasteiger charge is -2.17. The lowest BCUT2D eigenvalue weighted by molar-refractivity contribution is 0.219. The van der Waals surface area contributed by atoms with Crippen molar-refractivity contribution in [2.75, 3.05) is 7.11 Å². The molecular formula is C17H20O2. The summed E-state index contributed by atoms with van der Waals surface area (Å²) < 4.78 is 5.36. The first-order chi connectivity index (χ1) is 9.04. The van der Waals surface area contributed by atoms with Crippen molar-refractivity contribution >= 4 is 0 Å². The van der Waals surface area contributed by atoms with E-state index in [4.69, 9.17) is 4.74 Å². The Bertz CT molecular complexity index is 565. The fraction of sp³-hybridized carbons (Fsp3) is 0.294. The van der Waals surface area contributed by atoms with Crippen LogP contribution in [0.25, 0.3) is 0 Å². The molecule has 0 radical (unpaired) electrons. The molecule has 1 atom stereocenters. The average molecular weight is 256 g/mol. The molecule has 1 N–H and O–H groups in total. The minimum absolute atomic E-state index is 0.593. The minimum Gasteiger partial charge on any atom is -0.496 e. The Morgan fingerprint density at radius 2 is 1.53 bits per heavy atom. The molecule has 19 heavy (non-hydrogen) atoms. The van der Waals surface area contributed by atoms with Crippen molar-refractivity contribution < 1.29 is 9.84 Å². The molecule has 0 aliphatic carbocycles. The third-order valence-electron chi connectivity index (χ3n) is 3.49. The molecule has 2 heteroatoms. The lowest BCUT2D eigenvalue weighted by atomic mass is 9.95. The van der Waals surface area contributed by atoms with Gasteiger partial charge >= 0.3 is 0 Å². The SMILES string of the molecule is COc1c(C)cc(C(O)c2ccccc2C)cc1C. The Morgan fingerprint density at radius 1 is 0.947 bits per heavy atom. The molecule has 100 valence electrons. The van der Waals surface area contributed by atoms with Crippen LogP contribution >= 0.6 is 0 Å². The van der Waals surface area contributed by atoms with Crippen LogP contribution < -0.4 is 4.74 Å². The van der Waals surface area contributed by atoms with E-state index < -0.39 is 6.10 Å². The van der Waals surface area contributed by atoms with Crippen LogP contribution in [-0.2, 0) is 0 Å². The van der Waals surface area contributed by atoms with Crippen molar-refractivity contribution in [1.82, 2.24) is 0 Å². The summed E-state index contributed by atoms with van der Waals surface area (Å²) in [7, 11) is 1.67. The summed E-state index contributed by atoms with van der Waals surface area (Å²) in [6.45, 7) is 6.02. The summed E-state index contributed by atoms with van der Waals surface area (Å²) in [4.78, 5) is 0. The molecular weight excluding hydrogens is 236 g/mol. The number of aliphatic hydroxyl groups is 1. The van der Waals surface area contributed by atoms with Crippen LogP contribution in [0.1, 0.15) is 33.9 Å². The van der Waals surface area contributed by atoms with Gasteiger partial charge < -0.3 is 9.84 Å². The highest BCUT2D eigenvalue weighted by atomic mass is 16.5. The number of benzene rings is 2. The van der Waals surface area contributed by atoms with Gasteiger partial charge in [0.15, 0.2) is 0 Å². The topological polar surface area (TPSA) is 29.5 Å². The first-order valence-electron chi connectivity index (χ1n) is 6.43. The zero-order chi connectivity index (χ0) is 14.0. The molecule has 1 unspecified atom stereocenters. The van der Waals surface area contributed by atoms with E-state index in [-0.39, 0.29) is 0 Å². The van der Waals surface area contributed by atoms with E-state index in [1.165, 1.54) is 0 Å². The highest BCUT2D eigenvalue weighted by molar-refractivity contribution is 5.46. The maximum absolute atomic E-state index is 10.5. The van der Waals surface area contributed by atoms with Crippen LogP contribution in [0.5, 0.6) is 5.75 Å². The van der Waals surface area contributed by atoms with Crippen molar-refractivity contribution in [2.45, 2.75) is 26.9 Å². The number of rotatable bonds is 3. The van der Waals surface area contributed by atoms with E-state index in [2.05, 4.69) is 0 Å². The van der Waals surface area contributed by atoms with E-state index >= 15 is 0 Å². The van der Waals surface area contributed by atoms with Crippen molar-refractivity contribution in [1.29, 1.82) is 0 Å². The number of aliphatic hydroxyl groups excluding tert-OH is 1. The molecule has 2 aromatic rings. The molecule has 0 saturated heterocycles. The average Bonchev–Trinajstić information content (AvgIpc) is 2.38. The predicted octanol–water partition coefficient (Wildman–Crippen LogP) is 3.70. The van der Waals surface area contributed by atoms with Crippen LogP contribution in [0.3, 0.4) is 0 Å². The van der Waals surface area contributed by atoms with Crippen molar-refractivity contribution in [2.24, 2.45) is 0 Å². The largest absolute Gasteiger partial charge is 0.496 e. The van der Waals surface area contributed by atoms with Crippen LogP contribution in [-0.4, -0.2) is 12.2 Å². The molecule has 0 heterocycles. The molecule has 0 spiro atoms. The molecule has 2 aromatic carbocycles. The number of hydrogen-bond donors (Lipinski definition) is 1. The summed E-state index contributed by atoms with van der Waals surface area (Å²) in [5.74, 6) is 0.890. The van der Waals surface area contributed by atoms with Gasteiger partial charge in [0.2, 0.25) is 0 Å². The molecule has 0 bridgehead atoms. The summed E-state index contributed by atoms with van der Waals surface area (Å²) in [6.07, 6.45) is -0.593. The van der Waals surface area contributed by atoms with Gasteiger partial charge in [-0.05, 0) is 60.7 Å². The molecule has 2 rings (SSSR count). The highest BCUT2D eigenvalue weighted by Gasteiger charge is 2.15. The molecule has 2 nitrogen and oxygen atoms in total. The Labute approximate surface area is 114 Å². The van der Waals surface area contributed by atoms with Crippen LogP contribution in [0, 0.1) is 20.8 Å². The second kappa shape index (κ2) is 5.45. The van der Waals surface area contributed by atoms with Crippen molar-refractivity contribution in [3.05, 3.63) is 64.2 Å². The number of hydrogen-bond acceptors (Lipinski definition) is 2. The fourth-order valence-corrected chi connectivity index (χ4v) is 2.54. The normalized spacial score (nSPS) is 12.3. The van der Waals surface area contributed by atoms with Crippen molar-refractivity contribution in [3.63, 3.8) is 0 Å². The zero-order valence-corrected chi connectivity index (χ0v) is 11.9. The van der Waals surface area contributed by atoms with Gasteiger partial charge in [0.25, 0.3) is 0 Å². The molecule has 0 aliphatic rings. The van der Waals surface area contributed by atoms with Crippen LogP contribution in [0.4, 0.5) is 0 Å². The van der Waals surface area contributed by atoms with Crippen LogP contribution in [0.15, 0.2) is 36.4 Å². The van der Waals surface area contributed by atoms with E-state index in [0.717, 1.165) is 33.6 Å². The maximum Gasteiger partial charge on any atom is 0.124 e. The monoisotopic (exact) mass is 256 g/mol. The Morgan fingerprint density at radius 3 is 2.05 bits per heavy atom. The van der Waals surface area contributed by atoms with E-state index in [0.29, 0.717) is 0 Å². The maximum atomic E-state index is 10.5. The fourth-order valence-electron chi connectivity index (χ4n) is 2.54. The van der Waals surface area contributed by atoms with Crippen LogP contribution in [0.2, 0.25) is 0 Å². The van der Waals surface area contributed by atoms with Gasteiger partial charge in [0, 0.05) is 0 Å². The Kier molecular flexibility index (Phi) is 3.91. The van der Waals surface area contributed by atoms with Gasteiger partial charge in [-0.2, -0.15) is 0 Å². The molecule has 0 amide bonds. The first kappa shape index (κ1) is 13.6. The zero-order valence-electron chi connectivity index (χ0n) is 11.9. The second-order valence-electron chi connectivity index (χ2n) is 4.95. The summed E-state index contributed by atoms with van der Waals surface area (Å²) in [5, 5.41) is 10.5.